The summed E-state index contributed by atoms with van der Waals surface area (Å²) in [4.78, 5) is 61.6. The lowest BCUT2D eigenvalue weighted by Gasteiger charge is -2.32. The summed E-state index contributed by atoms with van der Waals surface area (Å²) in [7, 11) is 0. The lowest BCUT2D eigenvalue weighted by Crippen LogP contribution is -2.51. The maximum Gasteiger partial charge on any atom is 0.354 e. The normalized spacial score (nSPS) is 15.1. The van der Waals surface area contributed by atoms with E-state index in [0.717, 1.165) is 44.6 Å². The molecule has 1 fully saturated rings. The Morgan fingerprint density at radius 3 is 1.85 bits per heavy atom. The Balaban J connectivity index is 2.12. The number of amides is 4. The predicted octanol–water partition coefficient (Wildman–Crippen LogP) is 4.41. The van der Waals surface area contributed by atoms with Gasteiger partial charge in [-0.05, 0) is 35.0 Å². The van der Waals surface area contributed by atoms with Crippen molar-refractivity contribution in [2.75, 3.05) is 11.5 Å². The van der Waals surface area contributed by atoms with Crippen molar-refractivity contribution in [2.24, 2.45) is 0 Å². The zero-order valence-electron chi connectivity index (χ0n) is 17.8. The fourth-order valence-corrected chi connectivity index (χ4v) is 5.30. The summed E-state index contributed by atoms with van der Waals surface area (Å²) in [6.45, 7) is 3.47. The second-order valence-electron chi connectivity index (χ2n) is 7.01. The zero-order chi connectivity index (χ0) is 24.7. The van der Waals surface area contributed by atoms with E-state index in [9.17, 15) is 34.6 Å². The second kappa shape index (κ2) is 8.91. The van der Waals surface area contributed by atoms with E-state index in [4.69, 9.17) is 0 Å². The van der Waals surface area contributed by atoms with Crippen molar-refractivity contribution < 1.29 is 24.2 Å². The van der Waals surface area contributed by atoms with Gasteiger partial charge in [0.1, 0.15) is 5.57 Å². The molecule has 0 spiro atoms. The minimum atomic E-state index is -0.874. The van der Waals surface area contributed by atoms with Crippen molar-refractivity contribution in [1.29, 1.82) is 0 Å². The van der Waals surface area contributed by atoms with Crippen molar-refractivity contribution in [2.45, 2.75) is 13.8 Å². The Bertz CT molecular complexity index is 1290. The average molecular weight is 501 g/mol. The summed E-state index contributed by atoms with van der Waals surface area (Å²) in [5, 5.41) is 23.4. The number of benzene rings is 2. The molecule has 0 radical (unpaired) electrons. The summed E-state index contributed by atoms with van der Waals surface area (Å²) in [5.74, 6) is -1.02. The fraction of sp³-hybridized carbons (Fsp3) is 0.190. The molecule has 2 aliphatic rings. The van der Waals surface area contributed by atoms with Crippen molar-refractivity contribution >= 4 is 58.7 Å². The van der Waals surface area contributed by atoms with Gasteiger partial charge in [0, 0.05) is 28.7 Å². The SMILES string of the molecule is CCSN1C(=O)C(=C2c3ccccc3-c3c2cc([N+](=O)[O-])cc3[N+](=O)[O-])C(=O)N(SCC)C1=O. The van der Waals surface area contributed by atoms with Gasteiger partial charge in [-0.2, -0.15) is 8.61 Å². The highest BCUT2D eigenvalue weighted by Crippen LogP contribution is 2.52. The molecule has 1 saturated heterocycles. The topological polar surface area (TPSA) is 144 Å². The molecule has 1 heterocycles. The van der Waals surface area contributed by atoms with Crippen LogP contribution in [0.3, 0.4) is 0 Å². The van der Waals surface area contributed by atoms with Crippen molar-refractivity contribution in [1.82, 2.24) is 8.61 Å². The first-order valence-corrected chi connectivity index (χ1v) is 11.9. The number of hydrogen-bond donors (Lipinski definition) is 0. The molecule has 4 rings (SSSR count). The molecule has 1 aliphatic heterocycles. The first-order valence-electron chi connectivity index (χ1n) is 10.0. The average Bonchev–Trinajstić information content (AvgIpc) is 3.13. The molecule has 0 bridgehead atoms. The van der Waals surface area contributed by atoms with Crippen LogP contribution in [0, 0.1) is 20.2 Å². The summed E-state index contributed by atoms with van der Waals surface area (Å²) in [5.41, 5.74) is -0.600. The fourth-order valence-electron chi connectivity index (χ4n) is 3.93. The number of urea groups is 1. The minimum absolute atomic E-state index is 0.0241. The monoisotopic (exact) mass is 500 g/mol. The maximum absolute atomic E-state index is 13.4. The van der Waals surface area contributed by atoms with Gasteiger partial charge in [0.25, 0.3) is 23.2 Å². The molecule has 11 nitrogen and oxygen atoms in total. The van der Waals surface area contributed by atoms with Gasteiger partial charge in [0.05, 0.1) is 21.5 Å². The van der Waals surface area contributed by atoms with Crippen LogP contribution in [0.4, 0.5) is 16.2 Å². The predicted molar refractivity (Wildman–Crippen MR) is 127 cm³/mol. The molecule has 0 unspecified atom stereocenters. The number of carbonyl (C=O) groups excluding carboxylic acids is 3. The molecule has 2 aromatic rings. The molecule has 0 atom stereocenters. The molecular formula is C21H16N4O7S2. The van der Waals surface area contributed by atoms with Gasteiger partial charge >= 0.3 is 6.03 Å². The van der Waals surface area contributed by atoms with Crippen molar-refractivity contribution in [3.05, 3.63) is 73.3 Å². The van der Waals surface area contributed by atoms with Crippen LogP contribution in [0.2, 0.25) is 0 Å². The van der Waals surface area contributed by atoms with Gasteiger partial charge in [0.2, 0.25) is 0 Å². The lowest BCUT2D eigenvalue weighted by molar-refractivity contribution is -0.393. The van der Waals surface area contributed by atoms with Crippen LogP contribution in [0.1, 0.15) is 25.0 Å². The molecule has 1 aliphatic carbocycles. The largest absolute Gasteiger partial charge is 0.354 e. The van der Waals surface area contributed by atoms with Crippen LogP contribution in [-0.2, 0) is 9.59 Å². The number of nitrogens with zero attached hydrogens (tertiary/aromatic N) is 4. The van der Waals surface area contributed by atoms with Crippen LogP contribution >= 0.6 is 23.9 Å². The van der Waals surface area contributed by atoms with E-state index in [1.54, 1.807) is 38.1 Å². The van der Waals surface area contributed by atoms with E-state index < -0.39 is 39.1 Å². The van der Waals surface area contributed by atoms with Crippen LogP contribution in [0.25, 0.3) is 16.7 Å². The minimum Gasteiger partial charge on any atom is -0.267 e. The Kier molecular flexibility index (Phi) is 6.15. The van der Waals surface area contributed by atoms with Crippen LogP contribution in [-0.4, -0.2) is 47.8 Å². The Hall–Kier alpha value is -3.71. The molecule has 0 aromatic heterocycles. The second-order valence-corrected chi connectivity index (χ2v) is 9.42. The van der Waals surface area contributed by atoms with E-state index in [2.05, 4.69) is 0 Å². The molecule has 0 saturated carbocycles. The summed E-state index contributed by atoms with van der Waals surface area (Å²) in [6.07, 6.45) is 0. The first-order chi connectivity index (χ1) is 16.2. The lowest BCUT2D eigenvalue weighted by atomic mass is 9.95. The molecule has 13 heteroatoms. The van der Waals surface area contributed by atoms with Gasteiger partial charge < -0.3 is 0 Å². The highest BCUT2D eigenvalue weighted by molar-refractivity contribution is 7.99. The van der Waals surface area contributed by atoms with Crippen LogP contribution in [0.15, 0.2) is 42.0 Å². The smallest absolute Gasteiger partial charge is 0.267 e. The highest BCUT2D eigenvalue weighted by atomic mass is 32.2. The molecular weight excluding hydrogens is 484 g/mol. The maximum atomic E-state index is 13.4. The van der Waals surface area contributed by atoms with E-state index in [1.165, 1.54) is 0 Å². The molecule has 4 amide bonds. The number of rotatable bonds is 6. The summed E-state index contributed by atoms with van der Waals surface area (Å²) >= 11 is 1.84. The third kappa shape index (κ3) is 3.53. The molecule has 0 N–H and O–H groups in total. The Morgan fingerprint density at radius 2 is 1.35 bits per heavy atom. The Labute approximate surface area is 201 Å². The number of non-ortho nitro benzene ring substituents is 1. The van der Waals surface area contributed by atoms with Gasteiger partial charge in [-0.25, -0.2) is 4.79 Å². The van der Waals surface area contributed by atoms with E-state index in [1.807, 2.05) is 0 Å². The van der Waals surface area contributed by atoms with Gasteiger partial charge in [-0.3, -0.25) is 29.8 Å². The summed E-state index contributed by atoms with van der Waals surface area (Å²) in [6, 6.07) is 7.61. The van der Waals surface area contributed by atoms with Crippen LogP contribution < -0.4 is 0 Å². The number of fused-ring (bicyclic) bond motifs is 3. The number of nitro benzene ring substituents is 2. The number of nitro groups is 2. The van der Waals surface area contributed by atoms with E-state index in [-0.39, 0.29) is 22.3 Å². The number of barbiturate groups is 1. The van der Waals surface area contributed by atoms with Gasteiger partial charge in [-0.15, -0.1) is 0 Å². The van der Waals surface area contributed by atoms with Gasteiger partial charge in [0.15, 0.2) is 0 Å². The summed E-state index contributed by atoms with van der Waals surface area (Å²) < 4.78 is 1.75. The van der Waals surface area contributed by atoms with E-state index in [0.29, 0.717) is 22.6 Å². The van der Waals surface area contributed by atoms with Crippen LogP contribution in [0.5, 0.6) is 0 Å². The molecule has 174 valence electrons. The first kappa shape index (κ1) is 23.4. The molecule has 2 aromatic carbocycles. The van der Waals surface area contributed by atoms with Crippen molar-refractivity contribution in [3.63, 3.8) is 0 Å². The standard InChI is InChI=1S/C21H16N4O7S2/c1-3-33-22-19(26)18(20(27)23(21(22)28)34-4-2)17-13-8-6-5-7-12(13)16-14(17)9-11(24(29)30)10-15(16)25(31)32/h5-10H,3-4H2,1-2H3. The van der Waals surface area contributed by atoms with Gasteiger partial charge in [-0.1, -0.05) is 38.1 Å². The number of carbonyl (C=O) groups is 3. The number of hydrogen-bond acceptors (Lipinski definition) is 9. The number of imide groups is 2. The quantitative estimate of drug-likeness (QED) is 0.158. The van der Waals surface area contributed by atoms with Crippen molar-refractivity contribution in [3.8, 4) is 11.1 Å². The third-order valence-electron chi connectivity index (χ3n) is 5.16. The highest BCUT2D eigenvalue weighted by Gasteiger charge is 2.47. The molecule has 34 heavy (non-hydrogen) atoms. The zero-order valence-corrected chi connectivity index (χ0v) is 19.5. The Morgan fingerprint density at radius 1 is 0.794 bits per heavy atom. The third-order valence-corrected chi connectivity index (χ3v) is 6.83. The van der Waals surface area contributed by atoms with E-state index >= 15 is 0 Å².